The van der Waals surface area contributed by atoms with Crippen molar-refractivity contribution >= 4 is 27.3 Å². The van der Waals surface area contributed by atoms with E-state index in [4.69, 9.17) is 10.1 Å². The fraction of sp³-hybridized carbons (Fsp3) is 0.310. The van der Waals surface area contributed by atoms with E-state index in [2.05, 4.69) is 94.6 Å². The number of aromatic nitrogens is 3. The predicted octanol–water partition coefficient (Wildman–Crippen LogP) is 7.52. The number of benzene rings is 2. The lowest BCUT2D eigenvalue weighted by Gasteiger charge is -2.16. The maximum absolute atomic E-state index is 5.26. The van der Waals surface area contributed by atoms with Gasteiger partial charge in [-0.2, -0.15) is 5.10 Å². The lowest BCUT2D eigenvalue weighted by molar-refractivity contribution is 0.560. The van der Waals surface area contributed by atoms with Crippen LogP contribution in [0.1, 0.15) is 48.2 Å². The van der Waals surface area contributed by atoms with Crippen molar-refractivity contribution in [2.75, 3.05) is 0 Å². The molecule has 1 unspecified atom stereocenters. The molecule has 0 bridgehead atoms. The number of nitrogens with zero attached hydrogens (tertiary/aromatic N) is 3. The molecule has 3 heteroatoms. The highest BCUT2D eigenvalue weighted by Crippen LogP contribution is 2.34. The Morgan fingerprint density at radius 1 is 0.875 bits per heavy atom. The highest BCUT2D eigenvalue weighted by atomic mass is 15.2. The average molecular weight is 422 g/mol. The molecule has 0 fully saturated rings. The number of aryl methyl sites for hydroxylation is 4. The Morgan fingerprint density at radius 3 is 2.34 bits per heavy atom. The molecule has 0 saturated carbocycles. The van der Waals surface area contributed by atoms with Gasteiger partial charge in [0.15, 0.2) is 0 Å². The Balaban J connectivity index is 1.77. The van der Waals surface area contributed by atoms with Crippen LogP contribution in [0.2, 0.25) is 0 Å². The summed E-state index contributed by atoms with van der Waals surface area (Å²) in [5, 5.41) is 7.21. The van der Waals surface area contributed by atoms with E-state index in [9.17, 15) is 0 Å². The van der Waals surface area contributed by atoms with E-state index >= 15 is 0 Å². The van der Waals surface area contributed by atoms with Gasteiger partial charge in [-0.25, -0.2) is 9.50 Å². The van der Waals surface area contributed by atoms with Crippen molar-refractivity contribution in [3.8, 4) is 11.3 Å². The summed E-state index contributed by atoms with van der Waals surface area (Å²) in [4.78, 5) is 5.26. The van der Waals surface area contributed by atoms with Crippen LogP contribution in [0, 0.1) is 33.6 Å². The zero-order valence-corrected chi connectivity index (χ0v) is 20.0. The molecule has 3 nitrogen and oxygen atoms in total. The van der Waals surface area contributed by atoms with Crippen LogP contribution in [0.4, 0.5) is 0 Å². The third kappa shape index (κ3) is 3.28. The van der Waals surface area contributed by atoms with Crippen molar-refractivity contribution in [3.63, 3.8) is 0 Å². The van der Waals surface area contributed by atoms with Gasteiger partial charge < -0.3 is 0 Å². The molecule has 162 valence electrons. The first-order valence-electron chi connectivity index (χ1n) is 11.7. The molecule has 2 aromatic carbocycles. The van der Waals surface area contributed by atoms with Crippen molar-refractivity contribution < 1.29 is 0 Å². The molecule has 0 spiro atoms. The van der Waals surface area contributed by atoms with Crippen LogP contribution in [-0.4, -0.2) is 14.6 Å². The Morgan fingerprint density at radius 2 is 1.62 bits per heavy atom. The van der Waals surface area contributed by atoms with E-state index in [0.717, 1.165) is 34.4 Å². The molecular formula is C29H31N3. The zero-order chi connectivity index (χ0) is 22.6. The lowest BCUT2D eigenvalue weighted by atomic mass is 9.91. The topological polar surface area (TPSA) is 30.2 Å². The van der Waals surface area contributed by atoms with Gasteiger partial charge in [0.1, 0.15) is 0 Å². The van der Waals surface area contributed by atoms with Gasteiger partial charge in [-0.15, -0.1) is 0 Å². The molecule has 3 heterocycles. The Bertz CT molecular complexity index is 1470. The number of pyridine rings is 2. The second-order valence-corrected chi connectivity index (χ2v) is 9.47. The molecule has 0 aliphatic rings. The van der Waals surface area contributed by atoms with Crippen LogP contribution in [-0.2, 0) is 6.42 Å². The number of fused-ring (bicyclic) bond motifs is 6. The molecule has 5 aromatic rings. The maximum Gasteiger partial charge on any atom is 0.0976 e. The Labute approximate surface area is 190 Å². The van der Waals surface area contributed by atoms with E-state index in [0.29, 0.717) is 5.92 Å². The second-order valence-electron chi connectivity index (χ2n) is 9.47. The Hall–Kier alpha value is -3.20. The zero-order valence-electron chi connectivity index (χ0n) is 20.0. The number of rotatable bonds is 4. The molecule has 5 rings (SSSR count). The third-order valence-corrected chi connectivity index (χ3v) is 6.85. The predicted molar refractivity (Wildman–Crippen MR) is 136 cm³/mol. The average Bonchev–Trinajstić information content (AvgIpc) is 3.15. The van der Waals surface area contributed by atoms with Gasteiger partial charge in [0.2, 0.25) is 0 Å². The van der Waals surface area contributed by atoms with Gasteiger partial charge in [0.25, 0.3) is 0 Å². The van der Waals surface area contributed by atoms with Crippen molar-refractivity contribution in [3.05, 3.63) is 76.5 Å². The fourth-order valence-electron chi connectivity index (χ4n) is 5.14. The highest BCUT2D eigenvalue weighted by molar-refractivity contribution is 6.12. The monoisotopic (exact) mass is 421 g/mol. The maximum atomic E-state index is 5.26. The first kappa shape index (κ1) is 20.7. The summed E-state index contributed by atoms with van der Waals surface area (Å²) in [6.07, 6.45) is 2.34. The third-order valence-electron chi connectivity index (χ3n) is 6.85. The number of hydrogen-bond donors (Lipinski definition) is 0. The van der Waals surface area contributed by atoms with E-state index in [1.165, 1.54) is 45.0 Å². The molecular weight excluding hydrogens is 390 g/mol. The Kier molecular flexibility index (Phi) is 5.00. The first-order chi connectivity index (χ1) is 15.4. The second kappa shape index (κ2) is 7.74. The minimum atomic E-state index is 0.702. The first-order valence-corrected chi connectivity index (χ1v) is 11.7. The molecule has 0 radical (unpaired) electrons. The normalized spacial score (nSPS) is 12.8. The molecule has 1 atom stereocenters. The SMILES string of the molecule is CCC(C)Cc1cc(C)c(-c2ccc3c(n2)c2c(C)cccc2c2cc(C)nn23)c(C)c1. The minimum Gasteiger partial charge on any atom is -0.245 e. The van der Waals surface area contributed by atoms with Gasteiger partial charge >= 0.3 is 0 Å². The van der Waals surface area contributed by atoms with Gasteiger partial charge in [0.05, 0.1) is 27.9 Å². The summed E-state index contributed by atoms with van der Waals surface area (Å²) in [6, 6.07) is 17.7. The summed E-state index contributed by atoms with van der Waals surface area (Å²) in [5.74, 6) is 0.702. The summed E-state index contributed by atoms with van der Waals surface area (Å²) in [7, 11) is 0. The van der Waals surface area contributed by atoms with Crippen LogP contribution in [0.3, 0.4) is 0 Å². The van der Waals surface area contributed by atoms with Crippen LogP contribution in [0.5, 0.6) is 0 Å². The van der Waals surface area contributed by atoms with E-state index in [1.807, 2.05) is 0 Å². The molecule has 0 aliphatic carbocycles. The highest BCUT2D eigenvalue weighted by Gasteiger charge is 2.16. The quantitative estimate of drug-likeness (QED) is 0.281. The molecule has 0 N–H and O–H groups in total. The van der Waals surface area contributed by atoms with Gasteiger partial charge in [-0.3, -0.25) is 0 Å². The van der Waals surface area contributed by atoms with E-state index in [-0.39, 0.29) is 0 Å². The smallest absolute Gasteiger partial charge is 0.0976 e. The molecule has 32 heavy (non-hydrogen) atoms. The molecule has 0 aliphatic heterocycles. The lowest BCUT2D eigenvalue weighted by Crippen LogP contribution is -2.01. The van der Waals surface area contributed by atoms with Crippen LogP contribution in [0.15, 0.2) is 48.5 Å². The van der Waals surface area contributed by atoms with Crippen molar-refractivity contribution in [1.29, 1.82) is 0 Å². The van der Waals surface area contributed by atoms with Gasteiger partial charge in [-0.05, 0) is 80.5 Å². The van der Waals surface area contributed by atoms with E-state index in [1.54, 1.807) is 0 Å². The van der Waals surface area contributed by atoms with Gasteiger partial charge in [0, 0.05) is 16.3 Å². The largest absolute Gasteiger partial charge is 0.245 e. The number of hydrogen-bond acceptors (Lipinski definition) is 2. The minimum absolute atomic E-state index is 0.702. The fourth-order valence-corrected chi connectivity index (χ4v) is 5.14. The van der Waals surface area contributed by atoms with Crippen molar-refractivity contribution in [2.24, 2.45) is 5.92 Å². The standard InChI is InChI=1S/C29H31N3/c1-7-17(2)13-22-14-19(4)27(20(5)15-22)24-11-12-25-29(30-24)28-18(3)9-8-10-23(28)26-16-21(6)31-32(25)26/h8-12,14-17H,7,13H2,1-6H3. The van der Waals surface area contributed by atoms with Crippen molar-refractivity contribution in [1.82, 2.24) is 14.6 Å². The van der Waals surface area contributed by atoms with Crippen LogP contribution >= 0.6 is 0 Å². The van der Waals surface area contributed by atoms with Crippen LogP contribution in [0.25, 0.3) is 38.6 Å². The summed E-state index contributed by atoms with van der Waals surface area (Å²) in [6.45, 7) is 13.3. The molecule has 0 saturated heterocycles. The van der Waals surface area contributed by atoms with Crippen LogP contribution < -0.4 is 0 Å². The summed E-state index contributed by atoms with van der Waals surface area (Å²) < 4.78 is 2.05. The molecule has 3 aromatic heterocycles. The van der Waals surface area contributed by atoms with Crippen molar-refractivity contribution in [2.45, 2.75) is 54.4 Å². The summed E-state index contributed by atoms with van der Waals surface area (Å²) in [5.41, 5.74) is 11.8. The van der Waals surface area contributed by atoms with Gasteiger partial charge in [-0.1, -0.05) is 50.6 Å². The summed E-state index contributed by atoms with van der Waals surface area (Å²) >= 11 is 0. The van der Waals surface area contributed by atoms with E-state index < -0.39 is 0 Å². The molecule has 0 amide bonds.